The summed E-state index contributed by atoms with van der Waals surface area (Å²) in [7, 11) is 1.65. The average molecular weight is 366 g/mol. The van der Waals surface area contributed by atoms with Crippen LogP contribution in [0, 0.1) is 0 Å². The molecule has 1 aromatic carbocycles. The molecule has 8 nitrogen and oxygen atoms in total. The number of rotatable bonds is 6. The number of hydrogen-bond donors (Lipinski definition) is 1. The van der Waals surface area contributed by atoms with Crippen LogP contribution in [0.3, 0.4) is 0 Å². The van der Waals surface area contributed by atoms with Gasteiger partial charge in [-0.25, -0.2) is 9.97 Å². The number of fused-ring (bicyclic) bond motifs is 1. The van der Waals surface area contributed by atoms with Gasteiger partial charge in [0, 0.05) is 31.5 Å². The van der Waals surface area contributed by atoms with E-state index in [9.17, 15) is 4.79 Å². The second-order valence-electron chi connectivity index (χ2n) is 6.57. The molecule has 0 fully saturated rings. The summed E-state index contributed by atoms with van der Waals surface area (Å²) in [5, 5.41) is 4.06. The van der Waals surface area contributed by atoms with Crippen LogP contribution in [0.15, 0.2) is 36.9 Å². The van der Waals surface area contributed by atoms with Gasteiger partial charge in [-0.05, 0) is 18.6 Å². The summed E-state index contributed by atoms with van der Waals surface area (Å²) < 4.78 is 7.03. The van der Waals surface area contributed by atoms with Gasteiger partial charge in [-0.15, -0.1) is 0 Å². The molecule has 0 bridgehead atoms. The van der Waals surface area contributed by atoms with Crippen molar-refractivity contribution in [3.05, 3.63) is 48.3 Å². The number of aromatic nitrogens is 5. The molecule has 0 saturated heterocycles. The number of carbonyl (C=O) groups is 1. The van der Waals surface area contributed by atoms with Crippen molar-refractivity contribution < 1.29 is 9.53 Å². The van der Waals surface area contributed by atoms with Gasteiger partial charge in [-0.2, -0.15) is 5.10 Å². The Labute approximate surface area is 157 Å². The molecule has 0 radical (unpaired) electrons. The lowest BCUT2D eigenvalue weighted by atomic mass is 10.1. The van der Waals surface area contributed by atoms with Gasteiger partial charge in [0.15, 0.2) is 0 Å². The summed E-state index contributed by atoms with van der Waals surface area (Å²) in [6.07, 6.45) is 5.20. The third-order valence-electron chi connectivity index (χ3n) is 4.77. The number of aryl methyl sites for hydroxylation is 1. The monoisotopic (exact) mass is 366 g/mol. The van der Waals surface area contributed by atoms with E-state index >= 15 is 0 Å². The maximum Gasteiger partial charge on any atom is 0.222 e. The molecular formula is C19H22N6O2. The zero-order chi connectivity index (χ0) is 18.6. The highest BCUT2D eigenvalue weighted by Gasteiger charge is 2.23. The minimum atomic E-state index is 0.165. The first-order chi connectivity index (χ1) is 13.2. The topological polar surface area (TPSA) is 88.9 Å². The number of H-pyrrole nitrogens is 1. The van der Waals surface area contributed by atoms with Crippen molar-refractivity contribution in [1.82, 2.24) is 29.6 Å². The normalized spacial score (nSPS) is 13.4. The fraction of sp³-hybridized carbons (Fsp3) is 0.368. The van der Waals surface area contributed by atoms with Crippen LogP contribution < -0.4 is 4.74 Å². The maximum absolute atomic E-state index is 12.5. The molecule has 1 aliphatic heterocycles. The van der Waals surface area contributed by atoms with Crippen LogP contribution >= 0.6 is 0 Å². The number of methoxy groups -OCH3 is 1. The number of imidazole rings is 1. The highest BCUT2D eigenvalue weighted by molar-refractivity contribution is 5.76. The van der Waals surface area contributed by atoms with E-state index in [1.807, 2.05) is 29.2 Å². The molecule has 8 heteroatoms. The fourth-order valence-corrected chi connectivity index (χ4v) is 3.31. The number of amides is 1. The molecule has 140 valence electrons. The van der Waals surface area contributed by atoms with Gasteiger partial charge in [-0.1, -0.05) is 12.1 Å². The molecule has 3 aromatic rings. The van der Waals surface area contributed by atoms with Crippen LogP contribution in [-0.4, -0.2) is 49.2 Å². The second kappa shape index (κ2) is 7.61. The number of ether oxygens (including phenoxy) is 1. The molecule has 27 heavy (non-hydrogen) atoms. The Hall–Kier alpha value is -3.16. The van der Waals surface area contributed by atoms with Crippen LogP contribution in [0.2, 0.25) is 0 Å². The van der Waals surface area contributed by atoms with Crippen LogP contribution in [0.25, 0.3) is 11.4 Å². The molecule has 0 unspecified atom stereocenters. The lowest BCUT2D eigenvalue weighted by Crippen LogP contribution is -2.36. The van der Waals surface area contributed by atoms with Gasteiger partial charge < -0.3 is 14.6 Å². The molecule has 2 aromatic heterocycles. The first-order valence-electron chi connectivity index (χ1n) is 9.05. The lowest BCUT2D eigenvalue weighted by Gasteiger charge is -2.26. The Bertz CT molecular complexity index is 918. The van der Waals surface area contributed by atoms with E-state index in [0.29, 0.717) is 26.1 Å². The number of carbonyl (C=O) groups excluding carboxylic acids is 1. The minimum Gasteiger partial charge on any atom is -0.497 e. The van der Waals surface area contributed by atoms with Crippen molar-refractivity contribution >= 4 is 5.91 Å². The molecule has 4 rings (SSSR count). The highest BCUT2D eigenvalue weighted by atomic mass is 16.5. The average Bonchev–Trinajstić information content (AvgIpc) is 3.37. The highest BCUT2D eigenvalue weighted by Crippen LogP contribution is 2.25. The fourth-order valence-electron chi connectivity index (χ4n) is 3.31. The van der Waals surface area contributed by atoms with Gasteiger partial charge in [0.1, 0.15) is 24.2 Å². The van der Waals surface area contributed by atoms with Crippen molar-refractivity contribution in [2.75, 3.05) is 13.7 Å². The van der Waals surface area contributed by atoms with E-state index in [-0.39, 0.29) is 5.91 Å². The Kier molecular flexibility index (Phi) is 4.86. The van der Waals surface area contributed by atoms with Crippen LogP contribution in [0.4, 0.5) is 0 Å². The molecule has 3 heterocycles. The number of nitrogens with zero attached hydrogens (tertiary/aromatic N) is 5. The quantitative estimate of drug-likeness (QED) is 0.721. The molecular weight excluding hydrogens is 344 g/mol. The lowest BCUT2D eigenvalue weighted by molar-refractivity contribution is -0.132. The number of benzene rings is 1. The van der Waals surface area contributed by atoms with E-state index in [4.69, 9.17) is 9.72 Å². The van der Waals surface area contributed by atoms with Crippen LogP contribution in [0.1, 0.15) is 24.2 Å². The number of nitrogens with one attached hydrogen (secondary N) is 1. The Morgan fingerprint density at radius 3 is 3.11 bits per heavy atom. The predicted octanol–water partition coefficient (Wildman–Crippen LogP) is 2.04. The number of hydrogen-bond acceptors (Lipinski definition) is 5. The van der Waals surface area contributed by atoms with Crippen molar-refractivity contribution in [2.45, 2.75) is 32.4 Å². The number of aromatic amines is 1. The Morgan fingerprint density at radius 1 is 1.37 bits per heavy atom. The Balaban J connectivity index is 1.39. The Morgan fingerprint density at radius 2 is 2.30 bits per heavy atom. The second-order valence-corrected chi connectivity index (χ2v) is 6.57. The van der Waals surface area contributed by atoms with Crippen molar-refractivity contribution in [3.63, 3.8) is 0 Å². The summed E-state index contributed by atoms with van der Waals surface area (Å²) >= 11 is 0. The summed E-state index contributed by atoms with van der Waals surface area (Å²) in [4.78, 5) is 26.4. The van der Waals surface area contributed by atoms with E-state index in [0.717, 1.165) is 41.4 Å². The molecule has 1 aliphatic rings. The van der Waals surface area contributed by atoms with Gasteiger partial charge >= 0.3 is 0 Å². The zero-order valence-electron chi connectivity index (χ0n) is 15.3. The van der Waals surface area contributed by atoms with Crippen molar-refractivity contribution in [2.24, 2.45) is 0 Å². The van der Waals surface area contributed by atoms with Crippen molar-refractivity contribution in [3.8, 4) is 17.1 Å². The molecule has 0 atom stereocenters. The maximum atomic E-state index is 12.5. The van der Waals surface area contributed by atoms with E-state index in [1.54, 1.807) is 18.1 Å². The molecule has 0 saturated carbocycles. The summed E-state index contributed by atoms with van der Waals surface area (Å²) in [5.41, 5.74) is 3.04. The van der Waals surface area contributed by atoms with Gasteiger partial charge in [0.25, 0.3) is 0 Å². The molecule has 0 aliphatic carbocycles. The standard InChI is InChI=1S/C19H22N6O2/c1-27-15-5-2-4-14(10-15)19-22-16-7-9-24(11-17(16)23-19)18(26)6-3-8-25-13-20-12-21-25/h2,4-5,10,12-13H,3,6-9,11H2,1H3,(H,22,23). The van der Waals surface area contributed by atoms with E-state index < -0.39 is 0 Å². The SMILES string of the molecule is COc1cccc(-c2nc3c([nH]2)CN(C(=O)CCCn2cncn2)CC3)c1. The van der Waals surface area contributed by atoms with Gasteiger partial charge in [-0.3, -0.25) is 9.48 Å². The summed E-state index contributed by atoms with van der Waals surface area (Å²) in [5.74, 6) is 1.78. The molecule has 0 spiro atoms. The van der Waals surface area contributed by atoms with Crippen molar-refractivity contribution in [1.29, 1.82) is 0 Å². The summed E-state index contributed by atoms with van der Waals surface area (Å²) in [6.45, 7) is 1.99. The zero-order valence-corrected chi connectivity index (χ0v) is 15.3. The predicted molar refractivity (Wildman–Crippen MR) is 99.0 cm³/mol. The minimum absolute atomic E-state index is 0.165. The third-order valence-corrected chi connectivity index (χ3v) is 4.77. The summed E-state index contributed by atoms with van der Waals surface area (Å²) in [6, 6.07) is 7.81. The first kappa shape index (κ1) is 17.3. The third kappa shape index (κ3) is 3.84. The van der Waals surface area contributed by atoms with Gasteiger partial charge in [0.05, 0.1) is 25.0 Å². The first-order valence-corrected chi connectivity index (χ1v) is 9.05. The molecule has 1 amide bonds. The molecule has 1 N–H and O–H groups in total. The smallest absolute Gasteiger partial charge is 0.222 e. The van der Waals surface area contributed by atoms with E-state index in [1.165, 1.54) is 6.33 Å². The van der Waals surface area contributed by atoms with Crippen LogP contribution in [0.5, 0.6) is 5.75 Å². The van der Waals surface area contributed by atoms with Gasteiger partial charge in [0.2, 0.25) is 5.91 Å². The largest absolute Gasteiger partial charge is 0.497 e. The van der Waals surface area contributed by atoms with E-state index in [2.05, 4.69) is 15.1 Å². The van der Waals surface area contributed by atoms with Crippen LogP contribution in [-0.2, 0) is 24.3 Å².